The van der Waals surface area contributed by atoms with Crippen LogP contribution in [0.3, 0.4) is 0 Å². The fraction of sp³-hybridized carbons (Fsp3) is 0.440. The van der Waals surface area contributed by atoms with Gasteiger partial charge in [0.15, 0.2) is 6.61 Å². The third-order valence-corrected chi connectivity index (χ3v) is 6.41. The summed E-state index contributed by atoms with van der Waals surface area (Å²) in [7, 11) is 0. The first-order valence-corrected chi connectivity index (χ1v) is 11.9. The molecule has 1 aliphatic carbocycles. The Kier molecular flexibility index (Phi) is 8.83. The van der Waals surface area contributed by atoms with Crippen LogP contribution in [-0.4, -0.2) is 35.4 Å². The van der Waals surface area contributed by atoms with Gasteiger partial charge < -0.3 is 15.0 Å². The molecule has 2 aromatic carbocycles. The Bertz CT molecular complexity index is 927. The zero-order valence-corrected chi connectivity index (χ0v) is 20.1. The van der Waals surface area contributed by atoms with Gasteiger partial charge in [-0.15, -0.1) is 0 Å². The fourth-order valence-electron chi connectivity index (χ4n) is 3.98. The highest BCUT2D eigenvalue weighted by atomic mass is 35.5. The SMILES string of the molecule is CC[C@@H](C(=O)NC1CCCC1)N(Cc1ccc(Cl)cc1Cl)C(=O)COc1ccc(C)cc1. The Hall–Kier alpha value is -2.24. The van der Waals surface area contributed by atoms with Crippen molar-refractivity contribution < 1.29 is 14.3 Å². The molecule has 172 valence electrons. The van der Waals surface area contributed by atoms with Gasteiger partial charge in [0.25, 0.3) is 5.91 Å². The molecule has 2 amide bonds. The van der Waals surface area contributed by atoms with E-state index in [1.54, 1.807) is 23.1 Å². The van der Waals surface area contributed by atoms with Crippen molar-refractivity contribution in [2.75, 3.05) is 6.61 Å². The number of ether oxygens (including phenoxy) is 1. The lowest BCUT2D eigenvalue weighted by Crippen LogP contribution is -2.52. The standard InChI is InChI=1S/C25H30Cl2N2O3/c1-3-23(25(31)28-20-6-4-5-7-20)29(15-18-10-11-19(26)14-22(18)27)24(30)16-32-21-12-8-17(2)9-13-21/h8-14,20,23H,3-7,15-16H2,1-2H3,(H,28,31)/t23-/m0/s1. The minimum atomic E-state index is -0.614. The third-order valence-electron chi connectivity index (χ3n) is 5.83. The molecule has 1 atom stereocenters. The highest BCUT2D eigenvalue weighted by Crippen LogP contribution is 2.24. The van der Waals surface area contributed by atoms with E-state index in [9.17, 15) is 9.59 Å². The second-order valence-corrected chi connectivity index (χ2v) is 9.12. The number of rotatable bonds is 9. The van der Waals surface area contributed by atoms with Gasteiger partial charge in [-0.05, 0) is 56.0 Å². The van der Waals surface area contributed by atoms with Gasteiger partial charge in [-0.2, -0.15) is 0 Å². The Morgan fingerprint density at radius 1 is 1.12 bits per heavy atom. The predicted octanol–water partition coefficient (Wildman–Crippen LogP) is 5.55. The van der Waals surface area contributed by atoms with Gasteiger partial charge in [-0.1, -0.05) is 66.7 Å². The van der Waals surface area contributed by atoms with Crippen molar-refractivity contribution in [1.82, 2.24) is 10.2 Å². The number of nitrogens with zero attached hydrogens (tertiary/aromatic N) is 1. The van der Waals surface area contributed by atoms with Crippen molar-refractivity contribution in [3.63, 3.8) is 0 Å². The first-order chi connectivity index (χ1) is 15.4. The summed E-state index contributed by atoms with van der Waals surface area (Å²) < 4.78 is 5.72. The molecule has 0 aliphatic heterocycles. The number of benzene rings is 2. The Morgan fingerprint density at radius 2 is 1.81 bits per heavy atom. The van der Waals surface area contributed by atoms with E-state index in [1.165, 1.54) is 0 Å². The number of carbonyl (C=O) groups excluding carboxylic acids is 2. The lowest BCUT2D eigenvalue weighted by Gasteiger charge is -2.31. The minimum Gasteiger partial charge on any atom is -0.484 e. The molecule has 1 saturated carbocycles. The number of hydrogen-bond acceptors (Lipinski definition) is 3. The van der Waals surface area contributed by atoms with Gasteiger partial charge in [0, 0.05) is 22.6 Å². The fourth-order valence-corrected chi connectivity index (χ4v) is 4.45. The van der Waals surface area contributed by atoms with E-state index >= 15 is 0 Å². The number of aryl methyl sites for hydroxylation is 1. The summed E-state index contributed by atoms with van der Waals surface area (Å²) in [6.45, 7) is 3.93. The zero-order chi connectivity index (χ0) is 23.1. The van der Waals surface area contributed by atoms with Crippen molar-refractivity contribution >= 4 is 35.0 Å². The van der Waals surface area contributed by atoms with E-state index in [4.69, 9.17) is 27.9 Å². The van der Waals surface area contributed by atoms with Gasteiger partial charge in [0.05, 0.1) is 0 Å². The van der Waals surface area contributed by atoms with E-state index in [0.29, 0.717) is 22.2 Å². The average molecular weight is 477 g/mol. The molecular weight excluding hydrogens is 447 g/mol. The zero-order valence-electron chi connectivity index (χ0n) is 18.6. The monoisotopic (exact) mass is 476 g/mol. The highest BCUT2D eigenvalue weighted by molar-refractivity contribution is 6.35. The second kappa shape index (κ2) is 11.6. The van der Waals surface area contributed by atoms with E-state index < -0.39 is 6.04 Å². The number of nitrogens with one attached hydrogen (secondary N) is 1. The van der Waals surface area contributed by atoms with Gasteiger partial charge >= 0.3 is 0 Å². The molecule has 3 rings (SSSR count). The topological polar surface area (TPSA) is 58.6 Å². The summed E-state index contributed by atoms with van der Waals surface area (Å²) in [6, 6.07) is 12.2. The molecule has 5 nitrogen and oxygen atoms in total. The van der Waals surface area contributed by atoms with Crippen molar-refractivity contribution in [2.45, 2.75) is 64.6 Å². The quantitative estimate of drug-likeness (QED) is 0.516. The average Bonchev–Trinajstić information content (AvgIpc) is 3.27. The normalized spacial score (nSPS) is 14.8. The van der Waals surface area contributed by atoms with E-state index in [0.717, 1.165) is 36.8 Å². The smallest absolute Gasteiger partial charge is 0.261 e. The van der Waals surface area contributed by atoms with Crippen LogP contribution in [0.15, 0.2) is 42.5 Å². The van der Waals surface area contributed by atoms with Crippen LogP contribution in [0.5, 0.6) is 5.75 Å². The minimum absolute atomic E-state index is 0.131. The molecule has 1 fully saturated rings. The molecule has 0 bridgehead atoms. The molecule has 1 N–H and O–H groups in total. The van der Waals surface area contributed by atoms with Crippen molar-refractivity contribution in [1.29, 1.82) is 0 Å². The maximum absolute atomic E-state index is 13.3. The van der Waals surface area contributed by atoms with Crippen LogP contribution in [0.4, 0.5) is 0 Å². The van der Waals surface area contributed by atoms with E-state index in [1.807, 2.05) is 38.1 Å². The summed E-state index contributed by atoms with van der Waals surface area (Å²) >= 11 is 12.4. The Morgan fingerprint density at radius 3 is 2.44 bits per heavy atom. The molecule has 0 heterocycles. The van der Waals surface area contributed by atoms with Crippen LogP contribution >= 0.6 is 23.2 Å². The maximum Gasteiger partial charge on any atom is 0.261 e. The first-order valence-electron chi connectivity index (χ1n) is 11.1. The number of hydrogen-bond donors (Lipinski definition) is 1. The molecule has 1 aliphatic rings. The Labute approximate surface area is 200 Å². The molecule has 0 radical (unpaired) electrons. The van der Waals surface area contributed by atoms with Crippen LogP contribution in [0.25, 0.3) is 0 Å². The van der Waals surface area contributed by atoms with Gasteiger partial charge in [0.1, 0.15) is 11.8 Å². The first kappa shape index (κ1) is 24.4. The van der Waals surface area contributed by atoms with Gasteiger partial charge in [-0.3, -0.25) is 9.59 Å². The summed E-state index contributed by atoms with van der Waals surface area (Å²) in [4.78, 5) is 27.9. The molecular formula is C25H30Cl2N2O3. The number of halogens is 2. The van der Waals surface area contributed by atoms with Crippen LogP contribution in [-0.2, 0) is 16.1 Å². The molecule has 0 aromatic heterocycles. The molecule has 0 unspecified atom stereocenters. The van der Waals surface area contributed by atoms with Crippen LogP contribution < -0.4 is 10.1 Å². The molecule has 2 aromatic rings. The maximum atomic E-state index is 13.3. The van der Waals surface area contributed by atoms with E-state index in [2.05, 4.69) is 5.32 Å². The van der Waals surface area contributed by atoms with Crippen molar-refractivity contribution in [3.05, 3.63) is 63.6 Å². The number of carbonyl (C=O) groups is 2. The van der Waals surface area contributed by atoms with Gasteiger partial charge in [0.2, 0.25) is 5.91 Å². The molecule has 32 heavy (non-hydrogen) atoms. The lowest BCUT2D eigenvalue weighted by molar-refractivity contribution is -0.143. The largest absolute Gasteiger partial charge is 0.484 e. The molecule has 7 heteroatoms. The van der Waals surface area contributed by atoms with Crippen molar-refractivity contribution in [2.24, 2.45) is 0 Å². The summed E-state index contributed by atoms with van der Waals surface area (Å²) in [5.41, 5.74) is 1.84. The van der Waals surface area contributed by atoms with E-state index in [-0.39, 0.29) is 31.0 Å². The summed E-state index contributed by atoms with van der Waals surface area (Å²) in [5, 5.41) is 4.10. The third kappa shape index (κ3) is 6.63. The predicted molar refractivity (Wildman–Crippen MR) is 128 cm³/mol. The van der Waals surface area contributed by atoms with Crippen LogP contribution in [0, 0.1) is 6.92 Å². The van der Waals surface area contributed by atoms with Crippen LogP contribution in [0.2, 0.25) is 10.0 Å². The molecule has 0 saturated heterocycles. The summed E-state index contributed by atoms with van der Waals surface area (Å²) in [6.07, 6.45) is 4.69. The Balaban J connectivity index is 1.78. The highest BCUT2D eigenvalue weighted by Gasteiger charge is 2.31. The summed E-state index contributed by atoms with van der Waals surface area (Å²) in [5.74, 6) is 0.204. The second-order valence-electron chi connectivity index (χ2n) is 8.27. The van der Waals surface area contributed by atoms with Gasteiger partial charge in [-0.25, -0.2) is 0 Å². The van der Waals surface area contributed by atoms with Crippen LogP contribution in [0.1, 0.15) is 50.2 Å². The number of amides is 2. The lowest BCUT2D eigenvalue weighted by atomic mass is 10.1. The molecule has 0 spiro atoms. The van der Waals surface area contributed by atoms with Crippen molar-refractivity contribution in [3.8, 4) is 5.75 Å².